The molecular formula is C13H15N5O2. The van der Waals surface area contributed by atoms with Gasteiger partial charge in [-0.05, 0) is 12.1 Å². The fraction of sp³-hybridized carbons (Fsp3) is 0.231. The maximum Gasteiger partial charge on any atom is 0.417 e. The Kier molecular flexibility index (Phi) is 2.94. The summed E-state index contributed by atoms with van der Waals surface area (Å²) < 4.78 is 6.79. The SMILES string of the molecule is Cn1nccc1CCNc1cc2[nH]c(=O)oc2cc1N. The molecule has 7 heteroatoms. The molecule has 3 aromatic rings. The summed E-state index contributed by atoms with van der Waals surface area (Å²) in [5, 5.41) is 7.37. The van der Waals surface area contributed by atoms with Crippen LogP contribution in [0.15, 0.2) is 33.6 Å². The molecule has 2 aromatic heterocycles. The Labute approximate surface area is 114 Å². The Morgan fingerprint density at radius 1 is 1.50 bits per heavy atom. The minimum Gasteiger partial charge on any atom is -0.408 e. The highest BCUT2D eigenvalue weighted by Gasteiger charge is 2.06. The summed E-state index contributed by atoms with van der Waals surface area (Å²) in [5.74, 6) is -0.480. The van der Waals surface area contributed by atoms with Gasteiger partial charge in [-0.25, -0.2) is 4.79 Å². The summed E-state index contributed by atoms with van der Waals surface area (Å²) in [6.07, 6.45) is 2.60. The fourth-order valence-electron chi connectivity index (χ4n) is 2.14. The van der Waals surface area contributed by atoms with Crippen LogP contribution in [0.1, 0.15) is 5.69 Å². The van der Waals surface area contributed by atoms with Crippen molar-refractivity contribution in [1.82, 2.24) is 14.8 Å². The molecule has 4 N–H and O–H groups in total. The van der Waals surface area contributed by atoms with Crippen LogP contribution < -0.4 is 16.8 Å². The Hall–Kier alpha value is -2.70. The molecule has 0 radical (unpaired) electrons. The van der Waals surface area contributed by atoms with E-state index in [1.54, 1.807) is 18.3 Å². The van der Waals surface area contributed by atoms with E-state index < -0.39 is 5.76 Å². The number of nitrogen functional groups attached to an aromatic ring is 1. The summed E-state index contributed by atoms with van der Waals surface area (Å²) in [5.41, 5.74) is 9.48. The number of rotatable bonds is 4. The summed E-state index contributed by atoms with van der Waals surface area (Å²) in [6.45, 7) is 0.720. The van der Waals surface area contributed by atoms with Crippen molar-refractivity contribution >= 4 is 22.5 Å². The quantitative estimate of drug-likeness (QED) is 0.618. The average molecular weight is 273 g/mol. The lowest BCUT2D eigenvalue weighted by molar-refractivity contribution is 0.555. The van der Waals surface area contributed by atoms with Gasteiger partial charge < -0.3 is 15.5 Å². The van der Waals surface area contributed by atoms with Crippen LogP contribution in [-0.4, -0.2) is 21.3 Å². The monoisotopic (exact) mass is 273 g/mol. The van der Waals surface area contributed by atoms with Crippen molar-refractivity contribution in [3.8, 4) is 0 Å². The van der Waals surface area contributed by atoms with Crippen molar-refractivity contribution < 1.29 is 4.42 Å². The first kappa shape index (κ1) is 12.3. The number of oxazole rings is 1. The van der Waals surface area contributed by atoms with Crippen LogP contribution in [0.2, 0.25) is 0 Å². The van der Waals surface area contributed by atoms with Crippen LogP contribution in [-0.2, 0) is 13.5 Å². The molecule has 3 rings (SSSR count). The second kappa shape index (κ2) is 4.76. The van der Waals surface area contributed by atoms with Crippen LogP contribution in [0, 0.1) is 0 Å². The van der Waals surface area contributed by atoms with Crippen molar-refractivity contribution in [1.29, 1.82) is 0 Å². The second-order valence-electron chi connectivity index (χ2n) is 4.57. The largest absolute Gasteiger partial charge is 0.417 e. The number of nitrogens with two attached hydrogens (primary N) is 1. The lowest BCUT2D eigenvalue weighted by atomic mass is 10.2. The van der Waals surface area contributed by atoms with Gasteiger partial charge in [-0.15, -0.1) is 0 Å². The van der Waals surface area contributed by atoms with Crippen molar-refractivity contribution in [3.05, 3.63) is 40.6 Å². The van der Waals surface area contributed by atoms with E-state index in [2.05, 4.69) is 15.4 Å². The molecule has 0 aliphatic heterocycles. The van der Waals surface area contributed by atoms with Gasteiger partial charge in [0, 0.05) is 38.0 Å². The molecule has 0 fully saturated rings. The predicted octanol–water partition coefficient (Wildman–Crippen LogP) is 1.09. The van der Waals surface area contributed by atoms with E-state index in [1.807, 2.05) is 17.8 Å². The van der Waals surface area contributed by atoms with E-state index in [9.17, 15) is 4.79 Å². The van der Waals surface area contributed by atoms with Crippen LogP contribution in [0.5, 0.6) is 0 Å². The highest BCUT2D eigenvalue weighted by atomic mass is 16.4. The minimum atomic E-state index is -0.480. The van der Waals surface area contributed by atoms with Crippen LogP contribution in [0.3, 0.4) is 0 Å². The zero-order valence-electron chi connectivity index (χ0n) is 11.0. The number of hydrogen-bond acceptors (Lipinski definition) is 5. The first-order chi connectivity index (χ1) is 9.63. The molecule has 0 amide bonds. The summed E-state index contributed by atoms with van der Waals surface area (Å²) >= 11 is 0. The minimum absolute atomic E-state index is 0.463. The molecule has 0 atom stereocenters. The summed E-state index contributed by atoms with van der Waals surface area (Å²) in [4.78, 5) is 13.7. The van der Waals surface area contributed by atoms with Gasteiger partial charge in [0.1, 0.15) is 0 Å². The number of hydrogen-bond donors (Lipinski definition) is 3. The third-order valence-electron chi connectivity index (χ3n) is 3.21. The highest BCUT2D eigenvalue weighted by Crippen LogP contribution is 2.24. The summed E-state index contributed by atoms with van der Waals surface area (Å²) in [7, 11) is 1.91. The molecule has 0 saturated heterocycles. The van der Waals surface area contributed by atoms with Gasteiger partial charge in [0.15, 0.2) is 5.58 Å². The summed E-state index contributed by atoms with van der Waals surface area (Å²) in [6, 6.07) is 5.39. The molecule has 0 saturated carbocycles. The van der Waals surface area contributed by atoms with E-state index >= 15 is 0 Å². The van der Waals surface area contributed by atoms with Crippen molar-refractivity contribution in [3.63, 3.8) is 0 Å². The van der Waals surface area contributed by atoms with E-state index in [0.29, 0.717) is 16.8 Å². The molecule has 0 bridgehead atoms. The lowest BCUT2D eigenvalue weighted by Crippen LogP contribution is -2.09. The number of aromatic amines is 1. The number of aryl methyl sites for hydroxylation is 1. The van der Waals surface area contributed by atoms with Crippen LogP contribution in [0.25, 0.3) is 11.1 Å². The van der Waals surface area contributed by atoms with Gasteiger partial charge in [0.05, 0.1) is 16.9 Å². The molecule has 0 unspecified atom stereocenters. The van der Waals surface area contributed by atoms with Crippen LogP contribution in [0.4, 0.5) is 11.4 Å². The average Bonchev–Trinajstić information content (AvgIpc) is 2.95. The second-order valence-corrected chi connectivity index (χ2v) is 4.57. The number of H-pyrrole nitrogens is 1. The topological polar surface area (TPSA) is 102 Å². The zero-order chi connectivity index (χ0) is 14.1. The van der Waals surface area contributed by atoms with E-state index in [1.165, 1.54) is 0 Å². The first-order valence-corrected chi connectivity index (χ1v) is 6.26. The van der Waals surface area contributed by atoms with Crippen molar-refractivity contribution in [2.75, 3.05) is 17.6 Å². The molecule has 7 nitrogen and oxygen atoms in total. The van der Waals surface area contributed by atoms with E-state index in [0.717, 1.165) is 24.3 Å². The van der Waals surface area contributed by atoms with Gasteiger partial charge >= 0.3 is 5.76 Å². The molecule has 1 aromatic carbocycles. The van der Waals surface area contributed by atoms with Gasteiger partial charge in [-0.2, -0.15) is 5.10 Å². The van der Waals surface area contributed by atoms with Gasteiger partial charge in [-0.1, -0.05) is 0 Å². The van der Waals surface area contributed by atoms with Gasteiger partial charge in [-0.3, -0.25) is 9.67 Å². The number of nitrogens with zero attached hydrogens (tertiary/aromatic N) is 2. The van der Waals surface area contributed by atoms with Crippen molar-refractivity contribution in [2.24, 2.45) is 7.05 Å². The molecule has 0 aliphatic carbocycles. The van der Waals surface area contributed by atoms with Crippen LogP contribution >= 0.6 is 0 Å². The fourth-order valence-corrected chi connectivity index (χ4v) is 2.14. The smallest absolute Gasteiger partial charge is 0.408 e. The standard InChI is InChI=1S/C13H15N5O2/c1-18-8(3-5-16-18)2-4-15-10-7-11-12(6-9(10)14)20-13(19)17-11/h3,5-7,15H,2,4,14H2,1H3,(H,17,19). The normalized spacial score (nSPS) is 11.1. The maximum absolute atomic E-state index is 11.1. The molecular weight excluding hydrogens is 258 g/mol. The highest BCUT2D eigenvalue weighted by molar-refractivity contribution is 5.85. The molecule has 2 heterocycles. The Bertz CT molecular complexity index is 799. The maximum atomic E-state index is 11.1. The number of nitrogens with one attached hydrogen (secondary N) is 2. The lowest BCUT2D eigenvalue weighted by Gasteiger charge is -2.09. The molecule has 20 heavy (non-hydrogen) atoms. The third kappa shape index (κ3) is 2.25. The Morgan fingerprint density at radius 3 is 3.10 bits per heavy atom. The van der Waals surface area contributed by atoms with Gasteiger partial charge in [0.25, 0.3) is 0 Å². The van der Waals surface area contributed by atoms with Crippen molar-refractivity contribution in [2.45, 2.75) is 6.42 Å². The van der Waals surface area contributed by atoms with E-state index in [-0.39, 0.29) is 0 Å². The molecule has 0 spiro atoms. The van der Waals surface area contributed by atoms with Gasteiger partial charge in [0.2, 0.25) is 0 Å². The molecule has 0 aliphatic rings. The molecule has 104 valence electrons. The number of fused-ring (bicyclic) bond motifs is 1. The Morgan fingerprint density at radius 2 is 2.35 bits per heavy atom. The Balaban J connectivity index is 1.75. The number of anilines is 2. The first-order valence-electron chi connectivity index (χ1n) is 6.26. The van der Waals surface area contributed by atoms with E-state index in [4.69, 9.17) is 10.2 Å². The number of aromatic nitrogens is 3. The predicted molar refractivity (Wildman–Crippen MR) is 76.6 cm³/mol. The number of benzene rings is 1. The third-order valence-corrected chi connectivity index (χ3v) is 3.21. The zero-order valence-corrected chi connectivity index (χ0v) is 11.0.